The molecule has 0 atom stereocenters. The number of benzene rings is 2. The Morgan fingerprint density at radius 3 is 2.56 bits per heavy atom. The van der Waals surface area contributed by atoms with Crippen molar-refractivity contribution in [3.63, 3.8) is 0 Å². The van der Waals surface area contributed by atoms with Crippen molar-refractivity contribution in [1.82, 2.24) is 4.98 Å². The molecule has 2 N–H and O–H groups in total. The minimum absolute atomic E-state index is 0.218. The minimum Gasteiger partial charge on any atom is -0.298 e. The van der Waals surface area contributed by atoms with Crippen molar-refractivity contribution in [2.24, 2.45) is 0 Å². The first kappa shape index (κ1) is 19.1. The van der Waals surface area contributed by atoms with Gasteiger partial charge in [-0.15, -0.1) is 11.3 Å². The molecule has 1 heterocycles. The van der Waals surface area contributed by atoms with Crippen LogP contribution < -0.4 is 10.0 Å². The highest BCUT2D eigenvalue weighted by Crippen LogP contribution is 2.22. The topological polar surface area (TPSA) is 88.2 Å². The zero-order valence-corrected chi connectivity index (χ0v) is 16.7. The van der Waals surface area contributed by atoms with E-state index in [4.69, 9.17) is 0 Å². The maximum absolute atomic E-state index is 12.7. The van der Waals surface area contributed by atoms with Crippen LogP contribution in [0.5, 0.6) is 0 Å². The number of carbonyl (C=O) groups excluding carboxylic acids is 1. The van der Waals surface area contributed by atoms with E-state index in [0.29, 0.717) is 21.9 Å². The second-order valence-electron chi connectivity index (χ2n) is 6.20. The maximum Gasteiger partial charge on any atom is 0.262 e. The van der Waals surface area contributed by atoms with Crippen LogP contribution in [0.25, 0.3) is 0 Å². The standard InChI is InChI=1S/C19H19N3O3S2/c1-12-7-8-13(2)17(9-12)27(24,25)22-16-6-4-5-15(10-16)18(23)21-19-20-14(3)11-26-19/h4-11,22H,1-3H3,(H,20,21,23). The van der Waals surface area contributed by atoms with E-state index < -0.39 is 10.0 Å². The maximum atomic E-state index is 12.7. The van der Waals surface area contributed by atoms with E-state index in [1.807, 2.05) is 25.3 Å². The summed E-state index contributed by atoms with van der Waals surface area (Å²) in [5, 5.41) is 5.05. The van der Waals surface area contributed by atoms with Crippen molar-refractivity contribution in [3.8, 4) is 0 Å². The highest BCUT2D eigenvalue weighted by Gasteiger charge is 2.18. The van der Waals surface area contributed by atoms with Gasteiger partial charge in [0, 0.05) is 16.6 Å². The molecule has 0 saturated heterocycles. The molecule has 3 aromatic rings. The molecule has 8 heteroatoms. The Morgan fingerprint density at radius 1 is 1.07 bits per heavy atom. The van der Waals surface area contributed by atoms with Gasteiger partial charge in [0.25, 0.3) is 15.9 Å². The average Bonchev–Trinajstić information content (AvgIpc) is 3.01. The van der Waals surface area contributed by atoms with E-state index in [1.165, 1.54) is 17.4 Å². The predicted molar refractivity (Wildman–Crippen MR) is 108 cm³/mol. The smallest absolute Gasteiger partial charge is 0.262 e. The van der Waals surface area contributed by atoms with Gasteiger partial charge in [-0.3, -0.25) is 14.8 Å². The number of carbonyl (C=O) groups is 1. The molecule has 0 saturated carbocycles. The number of amides is 1. The summed E-state index contributed by atoms with van der Waals surface area (Å²) in [4.78, 5) is 16.8. The van der Waals surface area contributed by atoms with Gasteiger partial charge in [0.1, 0.15) is 0 Å². The SMILES string of the molecule is Cc1ccc(C)c(S(=O)(=O)Nc2cccc(C(=O)Nc3nc(C)cs3)c2)c1. The van der Waals surface area contributed by atoms with Crippen molar-refractivity contribution in [3.05, 3.63) is 70.2 Å². The summed E-state index contributed by atoms with van der Waals surface area (Å²) in [6.07, 6.45) is 0. The van der Waals surface area contributed by atoms with E-state index in [2.05, 4.69) is 15.0 Å². The quantitative estimate of drug-likeness (QED) is 0.673. The molecule has 0 spiro atoms. The molecule has 140 valence electrons. The summed E-state index contributed by atoms with van der Waals surface area (Å²) >= 11 is 1.33. The predicted octanol–water partition coefficient (Wildman–Crippen LogP) is 4.12. The van der Waals surface area contributed by atoms with Gasteiger partial charge in [-0.05, 0) is 56.2 Å². The largest absolute Gasteiger partial charge is 0.298 e. The van der Waals surface area contributed by atoms with Gasteiger partial charge in [0.15, 0.2) is 5.13 Å². The number of hydrogen-bond acceptors (Lipinski definition) is 5. The lowest BCUT2D eigenvalue weighted by molar-refractivity contribution is 0.102. The van der Waals surface area contributed by atoms with Crippen molar-refractivity contribution in [2.75, 3.05) is 10.0 Å². The lowest BCUT2D eigenvalue weighted by Gasteiger charge is -2.12. The Hall–Kier alpha value is -2.71. The van der Waals surface area contributed by atoms with Crippen LogP contribution in [0, 0.1) is 20.8 Å². The minimum atomic E-state index is -3.76. The summed E-state index contributed by atoms with van der Waals surface area (Å²) in [5.41, 5.74) is 2.99. The first-order chi connectivity index (χ1) is 12.7. The van der Waals surface area contributed by atoms with E-state index >= 15 is 0 Å². The van der Waals surface area contributed by atoms with E-state index in [1.54, 1.807) is 37.3 Å². The van der Waals surface area contributed by atoms with Crippen molar-refractivity contribution < 1.29 is 13.2 Å². The fourth-order valence-corrected chi connectivity index (χ4v) is 4.57. The average molecular weight is 402 g/mol. The number of rotatable bonds is 5. The number of anilines is 2. The summed E-state index contributed by atoms with van der Waals surface area (Å²) in [7, 11) is -3.76. The van der Waals surface area contributed by atoms with Gasteiger partial charge in [-0.25, -0.2) is 13.4 Å². The Labute approximate surface area is 162 Å². The third-order valence-corrected chi connectivity index (χ3v) is 6.25. The Kier molecular flexibility index (Phi) is 5.29. The molecule has 0 aliphatic carbocycles. The number of aromatic nitrogens is 1. The van der Waals surface area contributed by atoms with Crippen LogP contribution in [0.4, 0.5) is 10.8 Å². The Balaban J connectivity index is 1.83. The van der Waals surface area contributed by atoms with Crippen LogP contribution in [0.1, 0.15) is 27.2 Å². The number of thiazole rings is 1. The zero-order valence-electron chi connectivity index (χ0n) is 15.1. The normalized spacial score (nSPS) is 11.2. The van der Waals surface area contributed by atoms with Crippen LogP contribution in [-0.2, 0) is 10.0 Å². The first-order valence-electron chi connectivity index (χ1n) is 8.18. The van der Waals surface area contributed by atoms with E-state index in [-0.39, 0.29) is 10.8 Å². The van der Waals surface area contributed by atoms with Crippen molar-refractivity contribution in [1.29, 1.82) is 0 Å². The Morgan fingerprint density at radius 2 is 1.85 bits per heavy atom. The van der Waals surface area contributed by atoms with Crippen LogP contribution >= 0.6 is 11.3 Å². The Bertz CT molecular complexity index is 1100. The van der Waals surface area contributed by atoms with Gasteiger partial charge < -0.3 is 0 Å². The number of aryl methyl sites for hydroxylation is 3. The molecular formula is C19H19N3O3S2. The molecule has 0 aliphatic heterocycles. The molecule has 0 unspecified atom stereocenters. The highest BCUT2D eigenvalue weighted by molar-refractivity contribution is 7.92. The molecule has 27 heavy (non-hydrogen) atoms. The number of sulfonamides is 1. The zero-order chi connectivity index (χ0) is 19.6. The first-order valence-corrected chi connectivity index (χ1v) is 10.5. The monoisotopic (exact) mass is 401 g/mol. The molecule has 1 amide bonds. The van der Waals surface area contributed by atoms with Gasteiger partial charge in [0.2, 0.25) is 0 Å². The molecule has 0 aliphatic rings. The van der Waals surface area contributed by atoms with Crippen molar-refractivity contribution in [2.45, 2.75) is 25.7 Å². The molecular weight excluding hydrogens is 382 g/mol. The highest BCUT2D eigenvalue weighted by atomic mass is 32.2. The van der Waals surface area contributed by atoms with Gasteiger partial charge >= 0.3 is 0 Å². The molecule has 3 rings (SSSR count). The fraction of sp³-hybridized carbons (Fsp3) is 0.158. The summed E-state index contributed by atoms with van der Waals surface area (Å²) in [6, 6.07) is 11.6. The lowest BCUT2D eigenvalue weighted by atomic mass is 10.2. The molecule has 6 nitrogen and oxygen atoms in total. The second kappa shape index (κ2) is 7.50. The van der Waals surface area contributed by atoms with Gasteiger partial charge in [-0.1, -0.05) is 18.2 Å². The van der Waals surface area contributed by atoms with E-state index in [0.717, 1.165) is 11.3 Å². The summed E-state index contributed by atoms with van der Waals surface area (Å²) in [6.45, 7) is 5.42. The third kappa shape index (κ3) is 4.53. The third-order valence-electron chi connectivity index (χ3n) is 3.85. The van der Waals surface area contributed by atoms with Crippen molar-refractivity contribution >= 4 is 38.1 Å². The second-order valence-corrected chi connectivity index (χ2v) is 8.71. The fourth-order valence-electron chi connectivity index (χ4n) is 2.51. The molecule has 0 bridgehead atoms. The van der Waals surface area contributed by atoms with Crippen LogP contribution in [0.2, 0.25) is 0 Å². The van der Waals surface area contributed by atoms with Crippen LogP contribution in [0.15, 0.2) is 52.7 Å². The van der Waals surface area contributed by atoms with Gasteiger partial charge in [-0.2, -0.15) is 0 Å². The number of hydrogen-bond donors (Lipinski definition) is 2. The number of nitrogens with one attached hydrogen (secondary N) is 2. The number of nitrogens with zero attached hydrogens (tertiary/aromatic N) is 1. The lowest BCUT2D eigenvalue weighted by Crippen LogP contribution is -2.16. The summed E-state index contributed by atoms with van der Waals surface area (Å²) < 4.78 is 28.0. The molecule has 0 fully saturated rings. The molecule has 1 aromatic heterocycles. The molecule has 2 aromatic carbocycles. The van der Waals surface area contributed by atoms with Crippen LogP contribution in [0.3, 0.4) is 0 Å². The van der Waals surface area contributed by atoms with Crippen LogP contribution in [-0.4, -0.2) is 19.3 Å². The van der Waals surface area contributed by atoms with Gasteiger partial charge in [0.05, 0.1) is 10.6 Å². The van der Waals surface area contributed by atoms with E-state index in [9.17, 15) is 13.2 Å². The summed E-state index contributed by atoms with van der Waals surface area (Å²) in [5.74, 6) is -0.350. The molecule has 0 radical (unpaired) electrons.